The van der Waals surface area contributed by atoms with Crippen LogP contribution in [0.2, 0.25) is 0 Å². The molecule has 0 heterocycles. The summed E-state index contributed by atoms with van der Waals surface area (Å²) in [5.74, 6) is -13.4. The number of phenols is 1. The van der Waals surface area contributed by atoms with Gasteiger partial charge in [-0.1, -0.05) is 32.9 Å². The van der Waals surface area contributed by atoms with Crippen molar-refractivity contribution in [1.29, 1.82) is 5.26 Å². The van der Waals surface area contributed by atoms with Crippen molar-refractivity contribution in [3.8, 4) is 11.8 Å². The van der Waals surface area contributed by atoms with E-state index in [1.165, 1.54) is 19.0 Å². The highest BCUT2D eigenvalue weighted by Crippen LogP contribution is 2.55. The Bertz CT molecular complexity index is 1360. The van der Waals surface area contributed by atoms with Gasteiger partial charge in [0.25, 0.3) is 0 Å². The topological polar surface area (TPSA) is 199 Å². The molecule has 11 nitrogen and oxygen atoms in total. The quantitative estimate of drug-likeness (QED) is 0.282. The van der Waals surface area contributed by atoms with E-state index in [0.29, 0.717) is 30.4 Å². The predicted octanol–water partition coefficient (Wildman–Crippen LogP) is 0.370. The first-order chi connectivity index (χ1) is 18.5. The van der Waals surface area contributed by atoms with E-state index in [2.05, 4.69) is 6.07 Å². The molecule has 0 radical (unpaired) electrons. The highest BCUT2D eigenvalue weighted by Gasteiger charge is 2.72. The molecule has 5 N–H and O–H groups in total. The van der Waals surface area contributed by atoms with Gasteiger partial charge in [0.1, 0.15) is 5.75 Å². The lowest BCUT2D eigenvalue weighted by Crippen LogP contribution is -2.77. The van der Waals surface area contributed by atoms with Crippen molar-refractivity contribution in [3.63, 3.8) is 0 Å². The normalized spacial score (nSPS) is 33.7. The summed E-state index contributed by atoms with van der Waals surface area (Å²) < 4.78 is 0. The van der Waals surface area contributed by atoms with E-state index < -0.39 is 81.8 Å². The van der Waals surface area contributed by atoms with Crippen LogP contribution in [-0.2, 0) is 24.6 Å². The van der Waals surface area contributed by atoms with Gasteiger partial charge in [0.05, 0.1) is 35.6 Å². The lowest BCUT2D eigenvalue weighted by atomic mass is 9.49. The number of phenolic OH excluding ortho intramolecular Hbond substituents is 1. The Morgan fingerprint density at radius 1 is 1.18 bits per heavy atom. The SMILES string of the molecule is CC1c2ccc(C(C)(C)CCCC#N)c(O)c2C(=O)C2C(=O)C3(O)C(=O)C(C(N)=O)C(=O)C(N(C)C)C3C(O)C21. The van der Waals surface area contributed by atoms with Gasteiger partial charge in [-0.2, -0.15) is 5.26 Å². The van der Waals surface area contributed by atoms with Crippen LogP contribution >= 0.6 is 0 Å². The van der Waals surface area contributed by atoms with Gasteiger partial charge in [-0.15, -0.1) is 0 Å². The number of aliphatic hydroxyl groups is 2. The van der Waals surface area contributed by atoms with Crippen LogP contribution in [0.5, 0.6) is 5.75 Å². The number of likely N-dealkylation sites (N-methyl/N-ethyl adjacent to an activating group) is 1. The number of carbonyl (C=O) groups excluding carboxylic acids is 5. The van der Waals surface area contributed by atoms with Crippen LogP contribution in [0.1, 0.15) is 67.4 Å². The van der Waals surface area contributed by atoms with Crippen molar-refractivity contribution >= 4 is 29.0 Å². The monoisotopic (exact) mass is 553 g/mol. The third-order valence-electron chi connectivity index (χ3n) is 9.31. The van der Waals surface area contributed by atoms with Crippen molar-refractivity contribution in [2.24, 2.45) is 29.4 Å². The zero-order chi connectivity index (χ0) is 30.1. The molecule has 214 valence electrons. The van der Waals surface area contributed by atoms with E-state index in [1.807, 2.05) is 13.8 Å². The lowest BCUT2D eigenvalue weighted by molar-refractivity contribution is -0.196. The zero-order valence-corrected chi connectivity index (χ0v) is 23.2. The van der Waals surface area contributed by atoms with Crippen molar-refractivity contribution in [3.05, 3.63) is 28.8 Å². The number of hydrogen-bond acceptors (Lipinski definition) is 10. The molecule has 11 heteroatoms. The lowest BCUT2D eigenvalue weighted by Gasteiger charge is -2.56. The number of benzene rings is 1. The van der Waals surface area contributed by atoms with E-state index in [0.717, 1.165) is 0 Å². The van der Waals surface area contributed by atoms with Gasteiger partial charge in [-0.05, 0) is 43.8 Å². The summed E-state index contributed by atoms with van der Waals surface area (Å²) in [5, 5.41) is 43.7. The Morgan fingerprint density at radius 2 is 1.80 bits per heavy atom. The Kier molecular flexibility index (Phi) is 7.28. The number of amides is 1. The number of nitrogens with two attached hydrogens (primary N) is 1. The first-order valence-corrected chi connectivity index (χ1v) is 13.3. The number of ketones is 4. The number of unbranched alkanes of at least 4 members (excludes halogenated alkanes) is 1. The molecule has 0 spiro atoms. The molecule has 1 amide bonds. The van der Waals surface area contributed by atoms with Gasteiger partial charge in [-0.25, -0.2) is 0 Å². The van der Waals surface area contributed by atoms with Crippen LogP contribution < -0.4 is 5.73 Å². The minimum atomic E-state index is -3.03. The largest absolute Gasteiger partial charge is 0.507 e. The van der Waals surface area contributed by atoms with Crippen molar-refractivity contribution in [1.82, 2.24) is 4.90 Å². The molecule has 1 aromatic rings. The molecular formula is C29H35N3O8. The van der Waals surface area contributed by atoms with E-state index >= 15 is 0 Å². The highest BCUT2D eigenvalue weighted by atomic mass is 16.3. The molecule has 1 aromatic carbocycles. The van der Waals surface area contributed by atoms with Gasteiger partial charge in [0.15, 0.2) is 34.7 Å². The first kappa shape index (κ1) is 29.5. The molecule has 3 aliphatic rings. The maximum absolute atomic E-state index is 14.1. The number of rotatable bonds is 6. The molecular weight excluding hydrogens is 518 g/mol. The number of hydrogen-bond donors (Lipinski definition) is 4. The van der Waals surface area contributed by atoms with Gasteiger partial charge >= 0.3 is 0 Å². The Labute approximate surface area is 231 Å². The smallest absolute Gasteiger partial charge is 0.235 e. The molecule has 4 rings (SSSR count). The van der Waals surface area contributed by atoms with Gasteiger partial charge in [0.2, 0.25) is 5.91 Å². The number of nitrogens with zero attached hydrogens (tertiary/aromatic N) is 2. The summed E-state index contributed by atoms with van der Waals surface area (Å²) in [6, 6.07) is 4.02. The molecule has 0 bridgehead atoms. The Balaban J connectivity index is 1.89. The second-order valence-corrected chi connectivity index (χ2v) is 12.2. The number of carbonyl (C=O) groups is 5. The maximum Gasteiger partial charge on any atom is 0.235 e. The Hall–Kier alpha value is -3.46. The summed E-state index contributed by atoms with van der Waals surface area (Å²) in [5.41, 5.74) is 2.37. The summed E-state index contributed by atoms with van der Waals surface area (Å²) in [7, 11) is 2.89. The fourth-order valence-corrected chi connectivity index (χ4v) is 7.28. The van der Waals surface area contributed by atoms with Crippen molar-refractivity contribution in [2.45, 2.75) is 69.1 Å². The summed E-state index contributed by atoms with van der Waals surface area (Å²) >= 11 is 0. The molecule has 0 aliphatic heterocycles. The predicted molar refractivity (Wildman–Crippen MR) is 140 cm³/mol. The summed E-state index contributed by atoms with van der Waals surface area (Å²) in [6.45, 7) is 5.39. The summed E-state index contributed by atoms with van der Waals surface area (Å²) in [6.07, 6.45) is -0.260. The van der Waals surface area contributed by atoms with Crippen molar-refractivity contribution in [2.75, 3.05) is 14.1 Å². The fourth-order valence-electron chi connectivity index (χ4n) is 7.28. The second kappa shape index (κ2) is 9.87. The molecule has 2 saturated carbocycles. The van der Waals surface area contributed by atoms with Gasteiger partial charge in [0, 0.05) is 17.9 Å². The Morgan fingerprint density at radius 3 is 2.35 bits per heavy atom. The average Bonchev–Trinajstić information content (AvgIpc) is 2.85. The van der Waals surface area contributed by atoms with Gasteiger partial charge in [-0.3, -0.25) is 28.9 Å². The maximum atomic E-state index is 14.1. The molecule has 8 atom stereocenters. The van der Waals surface area contributed by atoms with Crippen LogP contribution in [0, 0.1) is 35.0 Å². The van der Waals surface area contributed by atoms with E-state index in [1.54, 1.807) is 19.1 Å². The molecule has 0 saturated heterocycles. The standard InChI is InChI=1S/C29H35N3O8/c1-12-13-8-9-14(28(2,3)10-6-7-11-30)21(33)16(13)22(34)17-15(12)23(35)19-20(32(4)5)24(36)18(27(31)39)26(38)29(19,40)25(17)37/h8-9,12,15,17-20,23,33,35,40H,6-7,10H2,1-5H3,(H2,31,39). The van der Waals surface area contributed by atoms with Crippen LogP contribution in [0.4, 0.5) is 0 Å². The van der Waals surface area contributed by atoms with Crippen LogP contribution in [-0.4, -0.2) is 81.1 Å². The number of aliphatic hydroxyl groups excluding tert-OH is 1. The van der Waals surface area contributed by atoms with E-state index in [-0.39, 0.29) is 11.3 Å². The second-order valence-electron chi connectivity index (χ2n) is 12.2. The number of nitriles is 1. The highest BCUT2D eigenvalue weighted by molar-refractivity contribution is 6.32. The number of Topliss-reactive ketones (excluding diaryl/α,β-unsaturated/α-hetero) is 4. The average molecular weight is 554 g/mol. The minimum absolute atomic E-state index is 0.128. The van der Waals surface area contributed by atoms with Gasteiger partial charge < -0.3 is 21.1 Å². The van der Waals surface area contributed by atoms with Crippen LogP contribution in [0.25, 0.3) is 0 Å². The molecule has 3 aliphatic carbocycles. The first-order valence-electron chi connectivity index (χ1n) is 13.3. The van der Waals surface area contributed by atoms with Crippen molar-refractivity contribution < 1.29 is 39.3 Å². The third-order valence-corrected chi connectivity index (χ3v) is 9.31. The number of primary amides is 1. The van der Waals surface area contributed by atoms with Crippen LogP contribution in [0.3, 0.4) is 0 Å². The zero-order valence-electron chi connectivity index (χ0n) is 23.2. The molecule has 40 heavy (non-hydrogen) atoms. The molecule has 2 fully saturated rings. The number of aromatic hydroxyl groups is 1. The van der Waals surface area contributed by atoms with E-state index in [9.17, 15) is 39.3 Å². The third kappa shape index (κ3) is 3.92. The minimum Gasteiger partial charge on any atom is -0.507 e. The van der Waals surface area contributed by atoms with Crippen LogP contribution in [0.15, 0.2) is 12.1 Å². The molecule has 0 aromatic heterocycles. The fraction of sp³-hybridized carbons (Fsp3) is 0.586. The molecule has 8 unspecified atom stereocenters. The number of fused-ring (bicyclic) bond motifs is 3. The van der Waals surface area contributed by atoms with E-state index in [4.69, 9.17) is 11.0 Å². The summed E-state index contributed by atoms with van der Waals surface area (Å²) in [4.78, 5) is 68.2.